The minimum atomic E-state index is -0.627. The molecule has 25 heavy (non-hydrogen) atoms. The van der Waals surface area contributed by atoms with Gasteiger partial charge >= 0.3 is 6.03 Å². The van der Waals surface area contributed by atoms with Crippen molar-refractivity contribution in [1.29, 1.82) is 5.26 Å². The zero-order valence-corrected chi connectivity index (χ0v) is 13.8. The van der Waals surface area contributed by atoms with Crippen LogP contribution in [0.4, 0.5) is 16.3 Å². The Bertz CT molecular complexity index is 993. The zero-order chi connectivity index (χ0) is 17.4. The molecule has 2 aromatic heterocycles. The summed E-state index contributed by atoms with van der Waals surface area (Å²) in [4.78, 5) is 24.4. The standard InChI is InChI=1S/C18H12ClN5O/c19-13-5-6-17(22-9-13)23-11-14(7-20)24(18(23)25)16-10-21-8-12-3-1-2-4-15(12)16/h1-6,8-10,14H,11H2/t14-/m1/s1. The van der Waals surface area contributed by atoms with E-state index in [-0.39, 0.29) is 12.6 Å². The van der Waals surface area contributed by atoms with Crippen LogP contribution in [0.2, 0.25) is 5.02 Å². The van der Waals surface area contributed by atoms with Gasteiger partial charge in [-0.05, 0) is 12.1 Å². The number of hydrogen-bond donors (Lipinski definition) is 0. The Hall–Kier alpha value is -3.17. The Morgan fingerprint density at radius 3 is 2.76 bits per heavy atom. The number of rotatable bonds is 2. The van der Waals surface area contributed by atoms with E-state index in [4.69, 9.17) is 11.6 Å². The molecule has 0 saturated carbocycles. The number of anilines is 2. The second-order valence-corrected chi connectivity index (χ2v) is 6.06. The molecule has 7 heteroatoms. The summed E-state index contributed by atoms with van der Waals surface area (Å²) >= 11 is 5.86. The van der Waals surface area contributed by atoms with Gasteiger partial charge in [-0.3, -0.25) is 14.8 Å². The third-order valence-electron chi connectivity index (χ3n) is 4.15. The summed E-state index contributed by atoms with van der Waals surface area (Å²) in [6.07, 6.45) is 4.83. The molecule has 6 nitrogen and oxygen atoms in total. The lowest BCUT2D eigenvalue weighted by atomic mass is 10.1. The molecule has 0 aliphatic carbocycles. The molecule has 1 aliphatic rings. The molecule has 0 unspecified atom stereocenters. The lowest BCUT2D eigenvalue weighted by molar-refractivity contribution is 0.255. The van der Waals surface area contributed by atoms with Crippen LogP contribution in [0.3, 0.4) is 0 Å². The van der Waals surface area contributed by atoms with Crippen LogP contribution in [-0.2, 0) is 0 Å². The van der Waals surface area contributed by atoms with Gasteiger partial charge in [0.15, 0.2) is 0 Å². The second kappa shape index (κ2) is 6.04. The number of benzene rings is 1. The van der Waals surface area contributed by atoms with Gasteiger partial charge in [0.05, 0.1) is 29.5 Å². The van der Waals surface area contributed by atoms with Crippen molar-refractivity contribution in [2.45, 2.75) is 6.04 Å². The molecule has 1 saturated heterocycles. The number of nitrogens with zero attached hydrogens (tertiary/aromatic N) is 5. The number of hydrogen-bond acceptors (Lipinski definition) is 4. The van der Waals surface area contributed by atoms with E-state index < -0.39 is 6.04 Å². The summed E-state index contributed by atoms with van der Waals surface area (Å²) in [5.74, 6) is 0.463. The smallest absolute Gasteiger partial charge is 0.275 e. The zero-order valence-electron chi connectivity index (χ0n) is 13.0. The van der Waals surface area contributed by atoms with Crippen LogP contribution in [0.15, 0.2) is 55.0 Å². The van der Waals surface area contributed by atoms with Crippen LogP contribution in [-0.4, -0.2) is 28.6 Å². The fraction of sp³-hybridized carbons (Fsp3) is 0.111. The molecule has 4 rings (SSSR count). The van der Waals surface area contributed by atoms with Gasteiger partial charge in [0.1, 0.15) is 11.9 Å². The fourth-order valence-electron chi connectivity index (χ4n) is 2.98. The number of halogens is 1. The molecular formula is C18H12ClN5O. The number of aromatic nitrogens is 2. The Morgan fingerprint density at radius 2 is 2.00 bits per heavy atom. The quantitative estimate of drug-likeness (QED) is 0.708. The molecule has 1 fully saturated rings. The molecule has 2 amide bonds. The maximum absolute atomic E-state index is 13.0. The van der Waals surface area contributed by atoms with Crippen LogP contribution in [0.25, 0.3) is 10.8 Å². The van der Waals surface area contributed by atoms with E-state index in [2.05, 4.69) is 16.0 Å². The summed E-state index contributed by atoms with van der Waals surface area (Å²) < 4.78 is 0. The number of pyridine rings is 2. The van der Waals surface area contributed by atoms with Gasteiger partial charge in [0, 0.05) is 23.2 Å². The monoisotopic (exact) mass is 349 g/mol. The summed E-state index contributed by atoms with van der Waals surface area (Å²) in [6.45, 7) is 0.229. The SMILES string of the molecule is N#C[C@@H]1CN(c2ccc(Cl)cn2)C(=O)N1c1cncc2ccccc12. The van der Waals surface area contributed by atoms with Crippen molar-refractivity contribution >= 4 is 39.9 Å². The van der Waals surface area contributed by atoms with E-state index in [1.165, 1.54) is 16.0 Å². The number of urea groups is 1. The molecule has 122 valence electrons. The predicted molar refractivity (Wildman–Crippen MR) is 95.6 cm³/mol. The van der Waals surface area contributed by atoms with E-state index in [1.807, 2.05) is 24.3 Å². The number of nitriles is 1. The Kier molecular flexibility index (Phi) is 3.71. The van der Waals surface area contributed by atoms with Crippen LogP contribution in [0, 0.1) is 11.3 Å². The van der Waals surface area contributed by atoms with E-state index in [1.54, 1.807) is 24.5 Å². The predicted octanol–water partition coefficient (Wildman–Crippen LogP) is 3.62. The van der Waals surface area contributed by atoms with Gasteiger partial charge in [-0.25, -0.2) is 9.78 Å². The van der Waals surface area contributed by atoms with Crippen LogP contribution >= 0.6 is 11.6 Å². The molecule has 3 heterocycles. The number of amides is 2. The Balaban J connectivity index is 1.80. The van der Waals surface area contributed by atoms with E-state index in [0.717, 1.165) is 10.8 Å². The van der Waals surface area contributed by atoms with Crippen molar-refractivity contribution in [3.63, 3.8) is 0 Å². The third kappa shape index (κ3) is 2.55. The highest BCUT2D eigenvalue weighted by Crippen LogP contribution is 2.32. The maximum atomic E-state index is 13.0. The molecule has 1 aliphatic heterocycles. The van der Waals surface area contributed by atoms with Gasteiger partial charge in [0.25, 0.3) is 0 Å². The van der Waals surface area contributed by atoms with E-state index in [0.29, 0.717) is 16.5 Å². The van der Waals surface area contributed by atoms with Crippen LogP contribution in [0.5, 0.6) is 0 Å². The summed E-state index contributed by atoms with van der Waals surface area (Å²) in [5, 5.41) is 11.8. The first-order valence-corrected chi connectivity index (χ1v) is 8.01. The summed E-state index contributed by atoms with van der Waals surface area (Å²) in [5.41, 5.74) is 0.617. The van der Waals surface area contributed by atoms with E-state index >= 15 is 0 Å². The molecule has 1 aromatic carbocycles. The average molecular weight is 350 g/mol. The van der Waals surface area contributed by atoms with Gasteiger partial charge in [0.2, 0.25) is 0 Å². The number of carbonyl (C=O) groups is 1. The summed E-state index contributed by atoms with van der Waals surface area (Å²) in [7, 11) is 0. The van der Waals surface area contributed by atoms with E-state index in [9.17, 15) is 10.1 Å². The summed E-state index contributed by atoms with van der Waals surface area (Å²) in [6, 6.07) is 12.2. The largest absolute Gasteiger partial charge is 0.331 e. The Morgan fingerprint density at radius 1 is 1.16 bits per heavy atom. The molecule has 0 bridgehead atoms. The van der Waals surface area contributed by atoms with Gasteiger partial charge < -0.3 is 0 Å². The van der Waals surface area contributed by atoms with Crippen molar-refractivity contribution in [3.05, 3.63) is 60.0 Å². The van der Waals surface area contributed by atoms with Crippen LogP contribution < -0.4 is 9.80 Å². The second-order valence-electron chi connectivity index (χ2n) is 5.62. The highest BCUT2D eigenvalue weighted by atomic mass is 35.5. The lowest BCUT2D eigenvalue weighted by Crippen LogP contribution is -2.34. The highest BCUT2D eigenvalue weighted by Gasteiger charge is 2.40. The first-order chi connectivity index (χ1) is 12.2. The normalized spacial score (nSPS) is 17.1. The first kappa shape index (κ1) is 15.4. The number of fused-ring (bicyclic) bond motifs is 1. The molecule has 0 N–H and O–H groups in total. The van der Waals surface area contributed by atoms with Crippen molar-refractivity contribution < 1.29 is 4.79 Å². The molecule has 1 atom stereocenters. The van der Waals surface area contributed by atoms with Crippen molar-refractivity contribution in [3.8, 4) is 6.07 Å². The number of carbonyl (C=O) groups excluding carboxylic acids is 1. The third-order valence-corrected chi connectivity index (χ3v) is 4.37. The average Bonchev–Trinajstić information content (AvgIpc) is 2.98. The molecular weight excluding hydrogens is 338 g/mol. The van der Waals surface area contributed by atoms with Crippen molar-refractivity contribution in [1.82, 2.24) is 9.97 Å². The topological polar surface area (TPSA) is 73.1 Å². The molecule has 0 spiro atoms. The fourth-order valence-corrected chi connectivity index (χ4v) is 3.09. The first-order valence-electron chi connectivity index (χ1n) is 7.63. The lowest BCUT2D eigenvalue weighted by Gasteiger charge is -2.20. The van der Waals surface area contributed by atoms with Gasteiger partial charge in [-0.1, -0.05) is 35.9 Å². The van der Waals surface area contributed by atoms with Crippen LogP contribution in [0.1, 0.15) is 0 Å². The minimum absolute atomic E-state index is 0.229. The molecule has 0 radical (unpaired) electrons. The maximum Gasteiger partial charge on any atom is 0.331 e. The molecule has 3 aromatic rings. The van der Waals surface area contributed by atoms with Gasteiger partial charge in [-0.2, -0.15) is 5.26 Å². The highest BCUT2D eigenvalue weighted by molar-refractivity contribution is 6.30. The van der Waals surface area contributed by atoms with Gasteiger partial charge in [-0.15, -0.1) is 0 Å². The Labute approximate surface area is 148 Å². The van der Waals surface area contributed by atoms with Crippen molar-refractivity contribution in [2.24, 2.45) is 0 Å². The van der Waals surface area contributed by atoms with Crippen molar-refractivity contribution in [2.75, 3.05) is 16.3 Å². The minimum Gasteiger partial charge on any atom is -0.275 e.